The van der Waals surface area contributed by atoms with Gasteiger partial charge in [0.25, 0.3) is 0 Å². The summed E-state index contributed by atoms with van der Waals surface area (Å²) in [5.41, 5.74) is 4.80. The Morgan fingerprint density at radius 3 is 2.79 bits per heavy atom. The van der Waals surface area contributed by atoms with E-state index in [4.69, 9.17) is 0 Å². The van der Waals surface area contributed by atoms with Gasteiger partial charge in [-0.2, -0.15) is 0 Å². The van der Waals surface area contributed by atoms with Gasteiger partial charge in [-0.15, -0.1) is 6.58 Å². The maximum absolute atomic E-state index is 3.98. The Hall–Kier alpha value is -1.24. The second-order valence-electron chi connectivity index (χ2n) is 6.50. The monoisotopic (exact) mass is 255 g/mol. The Labute approximate surface area is 117 Å². The molecule has 0 N–H and O–H groups in total. The average Bonchev–Trinajstić information content (AvgIpc) is 2.84. The number of nitrogens with zero attached hydrogens (tertiary/aromatic N) is 1. The van der Waals surface area contributed by atoms with Gasteiger partial charge in [-0.3, -0.25) is 0 Å². The van der Waals surface area contributed by atoms with Crippen LogP contribution in [0.2, 0.25) is 0 Å². The fourth-order valence-electron chi connectivity index (χ4n) is 4.29. The summed E-state index contributed by atoms with van der Waals surface area (Å²) in [6.45, 7) is 9.57. The molecule has 1 aliphatic heterocycles. The molecule has 0 radical (unpaired) electrons. The minimum Gasteiger partial charge on any atom is -0.362 e. The van der Waals surface area contributed by atoms with Gasteiger partial charge in [0, 0.05) is 17.8 Å². The van der Waals surface area contributed by atoms with E-state index in [0.29, 0.717) is 11.5 Å². The molecule has 19 heavy (non-hydrogen) atoms. The van der Waals surface area contributed by atoms with Crippen LogP contribution < -0.4 is 4.90 Å². The minimum atomic E-state index is 0.413. The molecular formula is C18H25N. The summed E-state index contributed by atoms with van der Waals surface area (Å²) < 4.78 is 0. The number of benzene rings is 1. The van der Waals surface area contributed by atoms with Gasteiger partial charge in [0.05, 0.1) is 0 Å². The topological polar surface area (TPSA) is 3.24 Å². The smallest absolute Gasteiger partial charge is 0.0411 e. The molecule has 2 aliphatic rings. The molecule has 1 heterocycles. The molecule has 1 aliphatic carbocycles. The lowest BCUT2D eigenvalue weighted by molar-refractivity contribution is 0.334. The van der Waals surface area contributed by atoms with Crippen molar-refractivity contribution in [2.24, 2.45) is 0 Å². The number of aryl methyl sites for hydroxylation is 1. The first-order valence-electron chi connectivity index (χ1n) is 7.65. The lowest BCUT2D eigenvalue weighted by Gasteiger charge is -2.49. The maximum Gasteiger partial charge on any atom is 0.0411 e. The van der Waals surface area contributed by atoms with Gasteiger partial charge in [0.2, 0.25) is 0 Å². The lowest BCUT2D eigenvalue weighted by atomic mass is 9.76. The highest BCUT2D eigenvalue weighted by molar-refractivity contribution is 5.61. The van der Waals surface area contributed by atoms with E-state index < -0.39 is 0 Å². The van der Waals surface area contributed by atoms with Crippen molar-refractivity contribution in [2.75, 3.05) is 11.4 Å². The minimum absolute atomic E-state index is 0.413. The van der Waals surface area contributed by atoms with Crippen LogP contribution in [0.25, 0.3) is 0 Å². The molecule has 1 saturated carbocycles. The van der Waals surface area contributed by atoms with Crippen LogP contribution in [0.4, 0.5) is 5.69 Å². The molecule has 1 unspecified atom stereocenters. The van der Waals surface area contributed by atoms with Crippen molar-refractivity contribution in [2.45, 2.75) is 57.4 Å². The fourth-order valence-corrected chi connectivity index (χ4v) is 4.29. The molecule has 0 bridgehead atoms. The van der Waals surface area contributed by atoms with Gasteiger partial charge in [0.15, 0.2) is 0 Å². The molecule has 1 aromatic carbocycles. The number of hydrogen-bond donors (Lipinski definition) is 0. The van der Waals surface area contributed by atoms with Gasteiger partial charge in [-0.05, 0) is 43.7 Å². The molecule has 1 spiro atoms. The van der Waals surface area contributed by atoms with Crippen molar-refractivity contribution in [3.8, 4) is 0 Å². The van der Waals surface area contributed by atoms with Crippen LogP contribution in [0.5, 0.6) is 0 Å². The number of rotatable bonds is 2. The SMILES string of the molecule is C=CCN1c2ccc(C)cc2C(C)CC12CCCC2. The molecule has 102 valence electrons. The highest BCUT2D eigenvalue weighted by Crippen LogP contribution is 2.50. The lowest BCUT2D eigenvalue weighted by Crippen LogP contribution is -2.51. The molecule has 1 atom stereocenters. The molecular weight excluding hydrogens is 230 g/mol. The van der Waals surface area contributed by atoms with Crippen LogP contribution in [-0.2, 0) is 0 Å². The normalized spacial score (nSPS) is 24.5. The van der Waals surface area contributed by atoms with Crippen LogP contribution in [-0.4, -0.2) is 12.1 Å². The first-order valence-corrected chi connectivity index (χ1v) is 7.65. The predicted octanol–water partition coefficient (Wildman–Crippen LogP) is 4.81. The van der Waals surface area contributed by atoms with Gasteiger partial charge >= 0.3 is 0 Å². The molecule has 1 fully saturated rings. The fraction of sp³-hybridized carbons (Fsp3) is 0.556. The zero-order valence-corrected chi connectivity index (χ0v) is 12.3. The third-order valence-corrected chi connectivity index (χ3v) is 5.11. The summed E-state index contributed by atoms with van der Waals surface area (Å²) in [4.78, 5) is 2.65. The summed E-state index contributed by atoms with van der Waals surface area (Å²) in [6.07, 6.45) is 8.89. The van der Waals surface area contributed by atoms with E-state index in [1.165, 1.54) is 43.4 Å². The molecule has 3 rings (SSSR count). The zero-order chi connectivity index (χ0) is 13.5. The Kier molecular flexibility index (Phi) is 3.16. The second kappa shape index (κ2) is 4.70. The standard InChI is InChI=1S/C18H25N/c1-4-11-19-17-8-7-14(2)12-16(17)15(3)13-18(19)9-5-6-10-18/h4,7-8,12,15H,1,5-6,9-11,13H2,2-3H3. The molecule has 0 amide bonds. The number of fused-ring (bicyclic) bond motifs is 1. The molecule has 0 aromatic heterocycles. The van der Waals surface area contributed by atoms with Crippen molar-refractivity contribution in [3.63, 3.8) is 0 Å². The van der Waals surface area contributed by atoms with Crippen molar-refractivity contribution in [1.29, 1.82) is 0 Å². The van der Waals surface area contributed by atoms with Crippen LogP contribution in [0.1, 0.15) is 56.1 Å². The van der Waals surface area contributed by atoms with Crippen LogP contribution >= 0.6 is 0 Å². The van der Waals surface area contributed by atoms with E-state index in [0.717, 1.165) is 6.54 Å². The van der Waals surface area contributed by atoms with E-state index in [2.05, 4.69) is 49.6 Å². The highest BCUT2D eigenvalue weighted by atomic mass is 15.2. The van der Waals surface area contributed by atoms with Gasteiger partial charge in [-0.1, -0.05) is 43.5 Å². The predicted molar refractivity (Wildman–Crippen MR) is 83.0 cm³/mol. The third-order valence-electron chi connectivity index (χ3n) is 5.11. The Bertz CT molecular complexity index is 482. The number of hydrogen-bond acceptors (Lipinski definition) is 1. The van der Waals surface area contributed by atoms with Crippen LogP contribution in [0.15, 0.2) is 30.9 Å². The van der Waals surface area contributed by atoms with E-state index in [1.807, 2.05) is 0 Å². The van der Waals surface area contributed by atoms with Crippen molar-refractivity contribution in [1.82, 2.24) is 0 Å². The highest BCUT2D eigenvalue weighted by Gasteiger charge is 2.44. The van der Waals surface area contributed by atoms with E-state index in [9.17, 15) is 0 Å². The average molecular weight is 255 g/mol. The van der Waals surface area contributed by atoms with Crippen LogP contribution in [0, 0.1) is 6.92 Å². The van der Waals surface area contributed by atoms with E-state index in [-0.39, 0.29) is 0 Å². The van der Waals surface area contributed by atoms with Crippen molar-refractivity contribution in [3.05, 3.63) is 42.0 Å². The Morgan fingerprint density at radius 2 is 2.11 bits per heavy atom. The summed E-state index contributed by atoms with van der Waals surface area (Å²) in [6, 6.07) is 6.98. The zero-order valence-electron chi connectivity index (χ0n) is 12.3. The first kappa shape index (κ1) is 12.8. The molecule has 0 saturated heterocycles. The quantitative estimate of drug-likeness (QED) is 0.686. The van der Waals surface area contributed by atoms with Gasteiger partial charge < -0.3 is 4.90 Å². The first-order chi connectivity index (χ1) is 9.16. The largest absolute Gasteiger partial charge is 0.362 e. The summed E-state index contributed by atoms with van der Waals surface area (Å²) in [5, 5.41) is 0. The number of anilines is 1. The summed E-state index contributed by atoms with van der Waals surface area (Å²) in [5.74, 6) is 0.689. The van der Waals surface area contributed by atoms with Crippen LogP contribution in [0.3, 0.4) is 0 Å². The van der Waals surface area contributed by atoms with Gasteiger partial charge in [0.1, 0.15) is 0 Å². The Morgan fingerprint density at radius 1 is 1.37 bits per heavy atom. The van der Waals surface area contributed by atoms with E-state index >= 15 is 0 Å². The summed E-state index contributed by atoms with van der Waals surface area (Å²) in [7, 11) is 0. The molecule has 1 nitrogen and oxygen atoms in total. The second-order valence-corrected chi connectivity index (χ2v) is 6.50. The van der Waals surface area contributed by atoms with Crippen molar-refractivity contribution >= 4 is 5.69 Å². The van der Waals surface area contributed by atoms with Gasteiger partial charge in [-0.25, -0.2) is 0 Å². The Balaban J connectivity index is 2.09. The maximum atomic E-state index is 3.98. The molecule has 1 aromatic rings. The molecule has 1 heteroatoms. The summed E-state index contributed by atoms with van der Waals surface area (Å²) >= 11 is 0. The van der Waals surface area contributed by atoms with E-state index in [1.54, 1.807) is 5.56 Å². The third kappa shape index (κ3) is 2.00. The van der Waals surface area contributed by atoms with Crippen molar-refractivity contribution < 1.29 is 0 Å².